The molecule has 1 fully saturated rings. The largest absolute Gasteiger partial charge is 0.444 e. The van der Waals surface area contributed by atoms with Gasteiger partial charge in [0.05, 0.1) is 6.20 Å². The second kappa shape index (κ2) is 7.50. The molecular weight excluding hydrogens is 370 g/mol. The second-order valence-corrected chi connectivity index (χ2v) is 8.71. The van der Waals surface area contributed by atoms with Gasteiger partial charge in [-0.25, -0.2) is 4.79 Å². The number of aryl methyl sites for hydroxylation is 1. The summed E-state index contributed by atoms with van der Waals surface area (Å²) in [5, 5.41) is 15.7. The van der Waals surface area contributed by atoms with Gasteiger partial charge >= 0.3 is 6.09 Å². The van der Waals surface area contributed by atoms with Gasteiger partial charge < -0.3 is 14.6 Å². The Morgan fingerprint density at radius 3 is 2.83 bits per heavy atom. The van der Waals surface area contributed by atoms with E-state index in [0.717, 1.165) is 54.0 Å². The SMILES string of the molecule is Cc1oncc1-c1ccc2nnc([C@H]3CCC[C@@H](NC(=O)OC(C)(C)C)C3)n2c1. The van der Waals surface area contributed by atoms with Crippen LogP contribution in [0.3, 0.4) is 0 Å². The van der Waals surface area contributed by atoms with Gasteiger partial charge in [0, 0.05) is 29.3 Å². The minimum absolute atomic E-state index is 0.0689. The average molecular weight is 397 g/mol. The van der Waals surface area contributed by atoms with Crippen LogP contribution in [0.5, 0.6) is 0 Å². The molecule has 0 bridgehead atoms. The number of aromatic nitrogens is 4. The fourth-order valence-corrected chi connectivity index (χ4v) is 3.95. The summed E-state index contributed by atoms with van der Waals surface area (Å²) in [6, 6.07) is 4.03. The van der Waals surface area contributed by atoms with Crippen LogP contribution in [0.2, 0.25) is 0 Å². The molecule has 3 heterocycles. The summed E-state index contributed by atoms with van der Waals surface area (Å²) >= 11 is 0. The highest BCUT2D eigenvalue weighted by Crippen LogP contribution is 2.33. The van der Waals surface area contributed by atoms with Crippen LogP contribution in [-0.2, 0) is 4.74 Å². The van der Waals surface area contributed by atoms with E-state index in [9.17, 15) is 4.79 Å². The monoisotopic (exact) mass is 397 g/mol. The molecule has 1 amide bonds. The third kappa shape index (κ3) is 4.26. The first-order chi connectivity index (χ1) is 13.8. The maximum Gasteiger partial charge on any atom is 0.407 e. The maximum absolute atomic E-state index is 12.2. The smallest absolute Gasteiger partial charge is 0.407 e. The van der Waals surface area contributed by atoms with E-state index in [-0.39, 0.29) is 18.1 Å². The number of nitrogens with zero attached hydrogens (tertiary/aromatic N) is 4. The summed E-state index contributed by atoms with van der Waals surface area (Å²) in [6.45, 7) is 7.50. The number of rotatable bonds is 3. The minimum Gasteiger partial charge on any atom is -0.444 e. The number of hydrogen-bond acceptors (Lipinski definition) is 6. The average Bonchev–Trinajstić information content (AvgIpc) is 3.25. The molecule has 0 spiro atoms. The highest BCUT2D eigenvalue weighted by atomic mass is 16.6. The number of amides is 1. The lowest BCUT2D eigenvalue weighted by Gasteiger charge is -2.30. The first kappa shape index (κ1) is 19.4. The molecular formula is C21H27N5O3. The Morgan fingerprint density at radius 1 is 1.28 bits per heavy atom. The summed E-state index contributed by atoms with van der Waals surface area (Å²) in [5.74, 6) is 1.92. The first-order valence-electron chi connectivity index (χ1n) is 10.1. The zero-order valence-corrected chi connectivity index (χ0v) is 17.3. The number of fused-ring (bicyclic) bond motifs is 1. The van der Waals surface area contributed by atoms with Crippen molar-refractivity contribution in [3.63, 3.8) is 0 Å². The number of pyridine rings is 1. The van der Waals surface area contributed by atoms with Gasteiger partial charge in [0.1, 0.15) is 17.2 Å². The van der Waals surface area contributed by atoms with Crippen LogP contribution >= 0.6 is 0 Å². The predicted octanol–water partition coefficient (Wildman–Crippen LogP) is 4.24. The topological polar surface area (TPSA) is 94.5 Å². The third-order valence-corrected chi connectivity index (χ3v) is 5.25. The van der Waals surface area contributed by atoms with E-state index in [0.29, 0.717) is 0 Å². The molecule has 8 heteroatoms. The highest BCUT2D eigenvalue weighted by Gasteiger charge is 2.29. The first-order valence-corrected chi connectivity index (χ1v) is 10.1. The molecule has 1 N–H and O–H groups in total. The molecule has 0 saturated heterocycles. The Labute approximate surface area is 169 Å². The van der Waals surface area contributed by atoms with Crippen molar-refractivity contribution in [1.82, 2.24) is 25.1 Å². The van der Waals surface area contributed by atoms with Gasteiger partial charge in [-0.3, -0.25) is 4.40 Å². The van der Waals surface area contributed by atoms with Crippen LogP contribution in [-0.4, -0.2) is 37.5 Å². The molecule has 1 aliphatic carbocycles. The van der Waals surface area contributed by atoms with E-state index in [2.05, 4.69) is 20.7 Å². The Bertz CT molecular complexity index is 1020. The van der Waals surface area contributed by atoms with Crippen molar-refractivity contribution >= 4 is 11.7 Å². The predicted molar refractivity (Wildman–Crippen MR) is 108 cm³/mol. The Balaban J connectivity index is 1.54. The van der Waals surface area contributed by atoms with Crippen LogP contribution in [0.1, 0.15) is 64.0 Å². The minimum atomic E-state index is -0.502. The Kier molecular flexibility index (Phi) is 5.02. The molecule has 154 valence electrons. The van der Waals surface area contributed by atoms with E-state index in [1.54, 1.807) is 6.20 Å². The van der Waals surface area contributed by atoms with Crippen molar-refractivity contribution in [2.75, 3.05) is 0 Å². The van der Waals surface area contributed by atoms with Crippen LogP contribution < -0.4 is 5.32 Å². The van der Waals surface area contributed by atoms with Crippen molar-refractivity contribution in [2.24, 2.45) is 0 Å². The van der Waals surface area contributed by atoms with Crippen molar-refractivity contribution in [3.8, 4) is 11.1 Å². The standard InChI is InChI=1S/C21H27N5O3/c1-13-17(11-22-29-13)15-8-9-18-24-25-19(26(18)12-15)14-6-5-7-16(10-14)23-20(27)28-21(2,3)4/h8-9,11-12,14,16H,5-7,10H2,1-4H3,(H,23,27)/t14-,16+/m0/s1. The summed E-state index contributed by atoms with van der Waals surface area (Å²) in [4.78, 5) is 12.2. The highest BCUT2D eigenvalue weighted by molar-refractivity contribution is 5.68. The summed E-state index contributed by atoms with van der Waals surface area (Å²) in [7, 11) is 0. The molecule has 3 aromatic rings. The van der Waals surface area contributed by atoms with Crippen LogP contribution in [0.4, 0.5) is 4.79 Å². The summed E-state index contributed by atoms with van der Waals surface area (Å²) < 4.78 is 12.7. The second-order valence-electron chi connectivity index (χ2n) is 8.71. The quantitative estimate of drug-likeness (QED) is 0.710. The van der Waals surface area contributed by atoms with E-state index in [4.69, 9.17) is 9.26 Å². The van der Waals surface area contributed by atoms with Gasteiger partial charge in [-0.15, -0.1) is 10.2 Å². The molecule has 4 rings (SSSR count). The van der Waals surface area contributed by atoms with E-state index in [1.165, 1.54) is 0 Å². The molecule has 8 nitrogen and oxygen atoms in total. The van der Waals surface area contributed by atoms with E-state index >= 15 is 0 Å². The van der Waals surface area contributed by atoms with Gasteiger partial charge in [0.25, 0.3) is 0 Å². The molecule has 3 aromatic heterocycles. The third-order valence-electron chi connectivity index (χ3n) is 5.25. The number of carbonyl (C=O) groups is 1. The summed E-state index contributed by atoms with van der Waals surface area (Å²) in [6.07, 6.45) is 7.19. The van der Waals surface area contributed by atoms with Crippen molar-refractivity contribution in [1.29, 1.82) is 0 Å². The molecule has 0 aliphatic heterocycles. The molecule has 1 aliphatic rings. The van der Waals surface area contributed by atoms with Gasteiger partial charge in [-0.2, -0.15) is 0 Å². The fraction of sp³-hybridized carbons (Fsp3) is 0.524. The normalized spacial score (nSPS) is 20.0. The van der Waals surface area contributed by atoms with Gasteiger partial charge in [0.15, 0.2) is 5.65 Å². The fourth-order valence-electron chi connectivity index (χ4n) is 3.95. The number of nitrogens with one attached hydrogen (secondary N) is 1. The van der Waals surface area contributed by atoms with Crippen molar-refractivity contribution < 1.29 is 14.1 Å². The Hall–Kier alpha value is -2.90. The molecule has 29 heavy (non-hydrogen) atoms. The molecule has 0 unspecified atom stereocenters. The number of alkyl carbamates (subject to hydrolysis) is 1. The van der Waals surface area contributed by atoms with E-state index < -0.39 is 5.60 Å². The maximum atomic E-state index is 12.2. The van der Waals surface area contributed by atoms with Gasteiger partial charge in [0.2, 0.25) is 0 Å². The van der Waals surface area contributed by atoms with Crippen molar-refractivity contribution in [3.05, 3.63) is 36.1 Å². The molecule has 2 atom stereocenters. The van der Waals surface area contributed by atoms with E-state index in [1.807, 2.05) is 50.4 Å². The van der Waals surface area contributed by atoms with Gasteiger partial charge in [-0.1, -0.05) is 11.6 Å². The van der Waals surface area contributed by atoms with Crippen LogP contribution in [0.15, 0.2) is 29.0 Å². The number of carbonyl (C=O) groups excluding carboxylic acids is 1. The molecule has 1 saturated carbocycles. The zero-order valence-electron chi connectivity index (χ0n) is 17.3. The molecule has 0 aromatic carbocycles. The van der Waals surface area contributed by atoms with Gasteiger partial charge in [-0.05, 0) is 59.1 Å². The number of hydrogen-bond donors (Lipinski definition) is 1. The lowest BCUT2D eigenvalue weighted by molar-refractivity contribution is 0.0490. The lowest BCUT2D eigenvalue weighted by Crippen LogP contribution is -2.41. The molecule has 0 radical (unpaired) electrons. The Morgan fingerprint density at radius 2 is 2.10 bits per heavy atom. The van der Waals surface area contributed by atoms with Crippen molar-refractivity contribution in [2.45, 2.75) is 70.9 Å². The zero-order chi connectivity index (χ0) is 20.6. The van der Waals surface area contributed by atoms with Crippen LogP contribution in [0, 0.1) is 6.92 Å². The lowest BCUT2D eigenvalue weighted by atomic mass is 9.85. The summed E-state index contributed by atoms with van der Waals surface area (Å²) in [5.41, 5.74) is 2.27. The van der Waals surface area contributed by atoms with Crippen LogP contribution in [0.25, 0.3) is 16.8 Å². The number of ether oxygens (including phenoxy) is 1.